The molecule has 1 aliphatic rings. The first-order valence-electron chi connectivity index (χ1n) is 10.8. The fraction of sp³-hybridized carbons (Fsp3) is 0.360. The Morgan fingerprint density at radius 2 is 1.94 bits per heavy atom. The van der Waals surface area contributed by atoms with Gasteiger partial charge >= 0.3 is 5.97 Å². The van der Waals surface area contributed by atoms with Crippen LogP contribution in [0.3, 0.4) is 0 Å². The lowest BCUT2D eigenvalue weighted by Crippen LogP contribution is -2.21. The summed E-state index contributed by atoms with van der Waals surface area (Å²) in [7, 11) is 0. The van der Waals surface area contributed by atoms with Gasteiger partial charge in [0.25, 0.3) is 5.91 Å². The van der Waals surface area contributed by atoms with Crippen LogP contribution < -0.4 is 10.1 Å². The van der Waals surface area contributed by atoms with Crippen molar-refractivity contribution in [3.05, 3.63) is 58.5 Å². The molecule has 1 N–H and O–H groups in total. The van der Waals surface area contributed by atoms with Crippen molar-refractivity contribution in [1.29, 1.82) is 0 Å². The van der Waals surface area contributed by atoms with Gasteiger partial charge in [-0.05, 0) is 60.6 Å². The normalized spacial score (nSPS) is 15.4. The number of carbonyl (C=O) groups excluding carboxylic acids is 2. The summed E-state index contributed by atoms with van der Waals surface area (Å²) in [5.74, 6) is 0.613. The highest BCUT2D eigenvalue weighted by Crippen LogP contribution is 2.40. The molecule has 3 aromatic rings. The summed E-state index contributed by atoms with van der Waals surface area (Å²) in [6.07, 6.45) is 3.98. The molecule has 0 fully saturated rings. The van der Waals surface area contributed by atoms with Crippen LogP contribution >= 0.6 is 11.3 Å². The third kappa shape index (κ3) is 4.74. The lowest BCUT2D eigenvalue weighted by molar-refractivity contribution is -0.118. The molecule has 2 aromatic carbocycles. The smallest absolute Gasteiger partial charge is 0.341 e. The van der Waals surface area contributed by atoms with Gasteiger partial charge in [-0.25, -0.2) is 4.79 Å². The number of thiophene rings is 1. The van der Waals surface area contributed by atoms with Crippen molar-refractivity contribution >= 4 is 39.0 Å². The van der Waals surface area contributed by atoms with Crippen LogP contribution in [0.4, 0.5) is 5.00 Å². The van der Waals surface area contributed by atoms with Crippen molar-refractivity contribution in [1.82, 2.24) is 0 Å². The average molecular weight is 438 g/mol. The Morgan fingerprint density at radius 3 is 2.71 bits per heavy atom. The van der Waals surface area contributed by atoms with E-state index in [1.165, 1.54) is 16.2 Å². The number of rotatable bonds is 7. The number of fused-ring (bicyclic) bond motifs is 2. The van der Waals surface area contributed by atoms with E-state index in [9.17, 15) is 9.59 Å². The molecule has 1 amide bonds. The van der Waals surface area contributed by atoms with Gasteiger partial charge in [-0.2, -0.15) is 0 Å². The third-order valence-electron chi connectivity index (χ3n) is 5.77. The minimum Gasteiger partial charge on any atom is -0.484 e. The first kappa shape index (κ1) is 21.4. The summed E-state index contributed by atoms with van der Waals surface area (Å²) in [6.45, 7) is 4.17. The average Bonchev–Trinajstić information content (AvgIpc) is 3.14. The molecular weight excluding hydrogens is 410 g/mol. The molecule has 0 saturated heterocycles. The Balaban J connectivity index is 1.48. The van der Waals surface area contributed by atoms with E-state index in [4.69, 9.17) is 9.47 Å². The highest BCUT2D eigenvalue weighted by molar-refractivity contribution is 7.17. The zero-order valence-corrected chi connectivity index (χ0v) is 18.7. The number of hydrogen-bond donors (Lipinski definition) is 1. The maximum absolute atomic E-state index is 12.6. The van der Waals surface area contributed by atoms with Crippen molar-refractivity contribution in [2.45, 2.75) is 39.5 Å². The number of hydrogen-bond acceptors (Lipinski definition) is 5. The van der Waals surface area contributed by atoms with E-state index in [0.29, 0.717) is 28.8 Å². The first-order valence-corrected chi connectivity index (χ1v) is 11.6. The second-order valence-corrected chi connectivity index (χ2v) is 8.90. The highest BCUT2D eigenvalue weighted by atomic mass is 32.1. The van der Waals surface area contributed by atoms with Gasteiger partial charge in [0.15, 0.2) is 6.61 Å². The van der Waals surface area contributed by atoms with E-state index in [1.807, 2.05) is 42.5 Å². The van der Waals surface area contributed by atoms with Crippen molar-refractivity contribution in [2.75, 3.05) is 18.5 Å². The molecule has 1 aliphatic carbocycles. The molecule has 5 nitrogen and oxygen atoms in total. The van der Waals surface area contributed by atoms with Crippen molar-refractivity contribution in [3.63, 3.8) is 0 Å². The standard InChI is InChI=1S/C25H27NO4S/c1-3-16-9-12-20-21(13-16)31-24(23(20)25(28)29-4-2)26-22(27)15-30-19-11-10-17-7-5-6-8-18(17)14-19/h5-8,10-11,14,16H,3-4,9,12-13,15H2,1-2H3,(H,26,27). The van der Waals surface area contributed by atoms with Crippen LogP contribution in [-0.2, 0) is 22.4 Å². The minimum absolute atomic E-state index is 0.124. The number of nitrogens with one attached hydrogen (secondary N) is 1. The largest absolute Gasteiger partial charge is 0.484 e. The molecule has 4 rings (SSSR count). The number of ether oxygens (including phenoxy) is 2. The lowest BCUT2D eigenvalue weighted by Gasteiger charge is -2.20. The quantitative estimate of drug-likeness (QED) is 0.488. The lowest BCUT2D eigenvalue weighted by atomic mass is 9.85. The molecule has 1 unspecified atom stereocenters. The molecular formula is C25H27NO4S. The predicted molar refractivity (Wildman–Crippen MR) is 124 cm³/mol. The molecule has 0 saturated carbocycles. The maximum Gasteiger partial charge on any atom is 0.341 e. The monoisotopic (exact) mass is 437 g/mol. The van der Waals surface area contributed by atoms with Gasteiger partial charge in [0.2, 0.25) is 0 Å². The molecule has 31 heavy (non-hydrogen) atoms. The van der Waals surface area contributed by atoms with Crippen molar-refractivity contribution in [2.24, 2.45) is 5.92 Å². The van der Waals surface area contributed by atoms with E-state index in [-0.39, 0.29) is 18.5 Å². The summed E-state index contributed by atoms with van der Waals surface area (Å²) < 4.78 is 11.0. The Kier molecular flexibility index (Phi) is 6.56. The fourth-order valence-electron chi connectivity index (χ4n) is 4.08. The summed E-state index contributed by atoms with van der Waals surface area (Å²) in [4.78, 5) is 26.5. The van der Waals surface area contributed by atoms with Gasteiger partial charge in [0.1, 0.15) is 10.8 Å². The second kappa shape index (κ2) is 9.52. The Bertz CT molecular complexity index is 1100. The van der Waals surface area contributed by atoms with Crippen LogP contribution in [0, 0.1) is 5.92 Å². The number of carbonyl (C=O) groups is 2. The van der Waals surface area contributed by atoms with E-state index in [2.05, 4.69) is 12.2 Å². The van der Waals surface area contributed by atoms with Gasteiger partial charge in [0.05, 0.1) is 12.2 Å². The topological polar surface area (TPSA) is 64.6 Å². The van der Waals surface area contributed by atoms with Crippen LogP contribution in [0.1, 0.15) is 47.5 Å². The SMILES string of the molecule is CCOC(=O)c1c(NC(=O)COc2ccc3ccccc3c2)sc2c1CCC(CC)C2. The zero-order valence-electron chi connectivity index (χ0n) is 17.9. The molecule has 1 atom stereocenters. The molecule has 1 heterocycles. The highest BCUT2D eigenvalue weighted by Gasteiger charge is 2.29. The van der Waals surface area contributed by atoms with Crippen LogP contribution in [-0.4, -0.2) is 25.1 Å². The summed E-state index contributed by atoms with van der Waals surface area (Å²) in [5.41, 5.74) is 1.56. The maximum atomic E-state index is 12.6. The van der Waals surface area contributed by atoms with Crippen LogP contribution in [0.15, 0.2) is 42.5 Å². The molecule has 162 valence electrons. The minimum atomic E-state index is -0.360. The first-order chi connectivity index (χ1) is 15.1. The number of amides is 1. The molecule has 0 spiro atoms. The summed E-state index contributed by atoms with van der Waals surface area (Å²) >= 11 is 1.50. The number of anilines is 1. The van der Waals surface area contributed by atoms with Gasteiger partial charge in [-0.1, -0.05) is 43.7 Å². The molecule has 1 aromatic heterocycles. The zero-order chi connectivity index (χ0) is 21.8. The fourth-order valence-corrected chi connectivity index (χ4v) is 5.44. The van der Waals surface area contributed by atoms with E-state index in [0.717, 1.165) is 42.0 Å². The van der Waals surface area contributed by atoms with E-state index < -0.39 is 0 Å². The Labute approximate surface area is 186 Å². The molecule has 6 heteroatoms. The van der Waals surface area contributed by atoms with Crippen molar-refractivity contribution in [3.8, 4) is 5.75 Å². The Hall–Kier alpha value is -2.86. The number of benzene rings is 2. The van der Waals surface area contributed by atoms with Gasteiger partial charge in [-0.3, -0.25) is 4.79 Å². The van der Waals surface area contributed by atoms with Crippen molar-refractivity contribution < 1.29 is 19.1 Å². The molecule has 0 radical (unpaired) electrons. The second-order valence-electron chi connectivity index (χ2n) is 7.79. The Morgan fingerprint density at radius 1 is 1.13 bits per heavy atom. The van der Waals surface area contributed by atoms with Gasteiger partial charge < -0.3 is 14.8 Å². The molecule has 0 aliphatic heterocycles. The number of esters is 1. The van der Waals surface area contributed by atoms with Crippen LogP contribution in [0.2, 0.25) is 0 Å². The van der Waals surface area contributed by atoms with Crippen LogP contribution in [0.25, 0.3) is 10.8 Å². The van der Waals surface area contributed by atoms with E-state index >= 15 is 0 Å². The molecule has 0 bridgehead atoms. The summed E-state index contributed by atoms with van der Waals surface area (Å²) in [6, 6.07) is 13.7. The van der Waals surface area contributed by atoms with Gasteiger partial charge in [0, 0.05) is 4.88 Å². The third-order valence-corrected chi connectivity index (χ3v) is 6.94. The van der Waals surface area contributed by atoms with Gasteiger partial charge in [-0.15, -0.1) is 11.3 Å². The summed E-state index contributed by atoms with van der Waals surface area (Å²) in [5, 5.41) is 5.65. The van der Waals surface area contributed by atoms with Crippen LogP contribution in [0.5, 0.6) is 5.75 Å². The predicted octanol–water partition coefficient (Wildman–Crippen LogP) is 5.61. The van der Waals surface area contributed by atoms with E-state index in [1.54, 1.807) is 6.92 Å².